The number of fused-ring (bicyclic) bond motifs is 1. The summed E-state index contributed by atoms with van der Waals surface area (Å²) in [6.45, 7) is 12.2. The lowest BCUT2D eigenvalue weighted by molar-refractivity contribution is -0.143. The number of thiazole rings is 1. The Morgan fingerprint density at radius 3 is 2.20 bits per heavy atom. The Kier molecular flexibility index (Phi) is 16.0. The van der Waals surface area contributed by atoms with E-state index in [1.165, 1.54) is 41.9 Å². The molecule has 0 bridgehead atoms. The molecule has 0 aliphatic heterocycles. The van der Waals surface area contributed by atoms with Crippen molar-refractivity contribution < 1.29 is 23.8 Å². The molecule has 13 heteroatoms. The minimum Gasteiger partial charge on any atom is -0.493 e. The fraction of sp³-hybridized carbons (Fsp3) is 0.432. The Morgan fingerprint density at radius 1 is 0.820 bits per heavy atom. The first kappa shape index (κ1) is 38.3. The first-order chi connectivity index (χ1) is 24.4. The molecule has 2 aromatic heterocycles. The fourth-order valence-corrected chi connectivity index (χ4v) is 6.79. The highest BCUT2D eigenvalue weighted by Gasteiger charge is 2.10. The minimum absolute atomic E-state index is 0.115. The number of hydrogen-bond donors (Lipinski definition) is 0. The highest BCUT2D eigenvalue weighted by atomic mass is 32.1. The SMILES string of the molecule is C=CC(=O)OCCN(CC)c1ccc(N=Nc2nc3sc(N=Nc4ccc(OCCCCCCCCCOC(=O)CC)c(C)c4)cc3s2)cc1. The monoisotopic (exact) mass is 718 g/mol. The summed E-state index contributed by atoms with van der Waals surface area (Å²) in [5, 5.41) is 18.9. The van der Waals surface area contributed by atoms with Gasteiger partial charge in [0.25, 0.3) is 0 Å². The summed E-state index contributed by atoms with van der Waals surface area (Å²) < 4.78 is 17.2. The molecule has 0 saturated heterocycles. The largest absolute Gasteiger partial charge is 0.493 e. The van der Waals surface area contributed by atoms with Gasteiger partial charge in [0, 0.05) is 24.7 Å². The third-order valence-corrected chi connectivity index (χ3v) is 9.63. The summed E-state index contributed by atoms with van der Waals surface area (Å²) in [7, 11) is 0. The van der Waals surface area contributed by atoms with Crippen molar-refractivity contribution in [2.45, 2.75) is 72.1 Å². The van der Waals surface area contributed by atoms with Crippen molar-refractivity contribution in [1.29, 1.82) is 0 Å². The first-order valence-electron chi connectivity index (χ1n) is 17.2. The van der Waals surface area contributed by atoms with Crippen LogP contribution in [0.1, 0.15) is 70.8 Å². The zero-order valence-electron chi connectivity index (χ0n) is 29.1. The molecule has 0 atom stereocenters. The summed E-state index contributed by atoms with van der Waals surface area (Å²) in [5.74, 6) is 0.334. The van der Waals surface area contributed by atoms with Crippen LogP contribution in [0.2, 0.25) is 0 Å². The molecule has 0 aliphatic rings. The number of carbonyl (C=O) groups is 2. The number of nitrogens with zero attached hydrogens (tertiary/aromatic N) is 6. The molecule has 0 unspecified atom stereocenters. The molecule has 0 spiro atoms. The third kappa shape index (κ3) is 12.8. The number of aromatic nitrogens is 1. The van der Waals surface area contributed by atoms with E-state index >= 15 is 0 Å². The van der Waals surface area contributed by atoms with Gasteiger partial charge >= 0.3 is 11.9 Å². The number of carbonyl (C=O) groups excluding carboxylic acids is 2. The van der Waals surface area contributed by atoms with Crippen LogP contribution in [0.15, 0.2) is 81.6 Å². The van der Waals surface area contributed by atoms with Gasteiger partial charge < -0.3 is 19.1 Å². The maximum absolute atomic E-state index is 11.3. The van der Waals surface area contributed by atoms with Crippen molar-refractivity contribution in [2.75, 3.05) is 37.8 Å². The van der Waals surface area contributed by atoms with Gasteiger partial charge in [-0.1, -0.05) is 68.3 Å². The summed E-state index contributed by atoms with van der Waals surface area (Å²) >= 11 is 2.92. The van der Waals surface area contributed by atoms with Crippen LogP contribution in [0.5, 0.6) is 5.75 Å². The lowest BCUT2D eigenvalue weighted by Crippen LogP contribution is -2.27. The van der Waals surface area contributed by atoms with E-state index in [-0.39, 0.29) is 5.97 Å². The van der Waals surface area contributed by atoms with Crippen molar-refractivity contribution in [2.24, 2.45) is 20.5 Å². The van der Waals surface area contributed by atoms with Gasteiger partial charge in [0.05, 0.1) is 35.8 Å². The number of unbranched alkanes of at least 4 members (excludes halogenated alkanes) is 6. The van der Waals surface area contributed by atoms with Crippen LogP contribution in [0.25, 0.3) is 9.53 Å². The summed E-state index contributed by atoms with van der Waals surface area (Å²) in [6.07, 6.45) is 9.37. The van der Waals surface area contributed by atoms with Crippen LogP contribution in [0.4, 0.5) is 27.2 Å². The lowest BCUT2D eigenvalue weighted by atomic mass is 10.1. The first-order valence-corrected chi connectivity index (χ1v) is 18.8. The average Bonchev–Trinajstić information content (AvgIpc) is 3.70. The summed E-state index contributed by atoms with van der Waals surface area (Å²) in [5.41, 5.74) is 3.52. The molecule has 0 saturated carbocycles. The molecule has 4 aromatic rings. The molecule has 4 rings (SSSR count). The number of thiophene rings is 1. The predicted molar refractivity (Wildman–Crippen MR) is 202 cm³/mol. The Morgan fingerprint density at radius 2 is 1.52 bits per heavy atom. The van der Waals surface area contributed by atoms with Crippen LogP contribution < -0.4 is 9.64 Å². The van der Waals surface area contributed by atoms with E-state index < -0.39 is 5.97 Å². The lowest BCUT2D eigenvalue weighted by Gasteiger charge is -2.22. The van der Waals surface area contributed by atoms with Crippen molar-refractivity contribution in [1.82, 2.24) is 4.98 Å². The highest BCUT2D eigenvalue weighted by Crippen LogP contribution is 2.39. The molecule has 2 heterocycles. The number of rotatable bonds is 22. The number of ether oxygens (including phenoxy) is 3. The number of esters is 2. The Balaban J connectivity index is 1.18. The smallest absolute Gasteiger partial charge is 0.330 e. The van der Waals surface area contributed by atoms with Crippen molar-refractivity contribution >= 4 is 71.3 Å². The molecular weight excluding hydrogens is 673 g/mol. The molecule has 0 N–H and O–H groups in total. The van der Waals surface area contributed by atoms with Gasteiger partial charge in [-0.05, 0) is 80.8 Å². The van der Waals surface area contributed by atoms with Gasteiger partial charge in [0.2, 0.25) is 5.13 Å². The number of benzene rings is 2. The maximum atomic E-state index is 11.3. The molecule has 266 valence electrons. The summed E-state index contributed by atoms with van der Waals surface area (Å²) in [6, 6.07) is 15.6. The van der Waals surface area contributed by atoms with Crippen molar-refractivity contribution in [3.63, 3.8) is 0 Å². The predicted octanol–water partition coefficient (Wildman–Crippen LogP) is 11.1. The molecule has 0 amide bonds. The molecule has 0 fully saturated rings. The van der Waals surface area contributed by atoms with E-state index in [1.54, 1.807) is 0 Å². The molecule has 11 nitrogen and oxygen atoms in total. The molecule has 0 radical (unpaired) electrons. The van der Waals surface area contributed by atoms with E-state index in [2.05, 4.69) is 36.9 Å². The van der Waals surface area contributed by atoms with Crippen LogP contribution in [-0.2, 0) is 19.1 Å². The van der Waals surface area contributed by atoms with Crippen LogP contribution in [-0.4, -0.2) is 49.8 Å². The van der Waals surface area contributed by atoms with Gasteiger partial charge in [0.1, 0.15) is 22.2 Å². The van der Waals surface area contributed by atoms with E-state index in [4.69, 9.17) is 14.2 Å². The van der Waals surface area contributed by atoms with Crippen molar-refractivity contribution in [3.05, 3.63) is 66.7 Å². The van der Waals surface area contributed by atoms with Crippen LogP contribution >= 0.6 is 22.7 Å². The maximum Gasteiger partial charge on any atom is 0.330 e. The molecule has 0 aliphatic carbocycles. The molecule has 50 heavy (non-hydrogen) atoms. The topological polar surface area (TPSA) is 127 Å². The van der Waals surface area contributed by atoms with E-state index in [1.807, 2.05) is 69.3 Å². The Labute approximate surface area is 302 Å². The standard InChI is InChI=1S/C37H46N6O5S2/c1-5-34(44)47-23-14-12-10-8-9-11-13-22-46-31-20-17-29(25-27(31)4)40-41-33-26-32-36(50-33)38-37(49-32)42-39-28-15-18-30(19-16-28)43(7-3)21-24-48-35(45)6-2/h6,15-20,25-26H,2,5,7-14,21-24H2,1,3-4H3. The number of azo groups is 2. The molecular formula is C37H46N6O5S2. The number of likely N-dealkylation sites (N-methyl/N-ethyl adjacent to an activating group) is 1. The zero-order chi connectivity index (χ0) is 35.6. The Hall–Kier alpha value is -4.49. The fourth-order valence-electron chi connectivity index (χ4n) is 4.94. The van der Waals surface area contributed by atoms with Crippen LogP contribution in [0.3, 0.4) is 0 Å². The van der Waals surface area contributed by atoms with Crippen molar-refractivity contribution in [3.8, 4) is 5.75 Å². The van der Waals surface area contributed by atoms with E-state index in [0.29, 0.717) is 37.9 Å². The number of aryl methyl sites for hydroxylation is 1. The number of anilines is 1. The third-order valence-electron chi connectivity index (χ3n) is 7.71. The van der Waals surface area contributed by atoms with Gasteiger partial charge in [-0.25, -0.2) is 9.78 Å². The second kappa shape index (κ2) is 20.9. The highest BCUT2D eigenvalue weighted by molar-refractivity contribution is 7.30. The molecule has 2 aromatic carbocycles. The average molecular weight is 719 g/mol. The van der Waals surface area contributed by atoms with Crippen LogP contribution in [0, 0.1) is 6.92 Å². The minimum atomic E-state index is -0.422. The van der Waals surface area contributed by atoms with E-state index in [0.717, 1.165) is 81.2 Å². The second-order valence-corrected chi connectivity index (χ2v) is 13.5. The summed E-state index contributed by atoms with van der Waals surface area (Å²) in [4.78, 5) is 30.0. The van der Waals surface area contributed by atoms with E-state index in [9.17, 15) is 9.59 Å². The Bertz CT molecular complexity index is 1700. The van der Waals surface area contributed by atoms with Gasteiger partial charge in [0.15, 0.2) is 0 Å². The number of hydrogen-bond acceptors (Lipinski definition) is 13. The quantitative estimate of drug-likeness (QED) is 0.0342. The van der Waals surface area contributed by atoms with Gasteiger partial charge in [-0.15, -0.1) is 20.5 Å². The van der Waals surface area contributed by atoms with Gasteiger partial charge in [-0.3, -0.25) is 4.79 Å². The zero-order valence-corrected chi connectivity index (χ0v) is 30.8. The normalized spacial score (nSPS) is 11.4. The second-order valence-electron chi connectivity index (χ2n) is 11.5. The van der Waals surface area contributed by atoms with Gasteiger partial charge in [-0.2, -0.15) is 0 Å².